The standard InChI is InChI=1S/C12H14N4O/c1-8-6-9(2)15-11(14-8)16-10(17)12(7-13)4-3-5-12/h6H,3-5H2,1-2H3,(H,14,15,16,17). The van der Waals surface area contributed by atoms with Gasteiger partial charge in [-0.15, -0.1) is 0 Å². The molecule has 1 fully saturated rings. The number of amides is 1. The largest absolute Gasteiger partial charge is 0.293 e. The highest BCUT2D eigenvalue weighted by atomic mass is 16.2. The molecular weight excluding hydrogens is 216 g/mol. The van der Waals surface area contributed by atoms with Crippen LogP contribution in [0.4, 0.5) is 5.95 Å². The van der Waals surface area contributed by atoms with E-state index in [1.165, 1.54) is 0 Å². The molecule has 0 bridgehead atoms. The zero-order valence-corrected chi connectivity index (χ0v) is 9.95. The molecule has 1 heterocycles. The molecule has 0 unspecified atom stereocenters. The SMILES string of the molecule is Cc1cc(C)nc(NC(=O)C2(C#N)CCC2)n1. The molecule has 5 nitrogen and oxygen atoms in total. The van der Waals surface area contributed by atoms with E-state index in [0.717, 1.165) is 17.8 Å². The maximum atomic E-state index is 12.0. The molecular formula is C12H14N4O. The highest BCUT2D eigenvalue weighted by Crippen LogP contribution is 2.40. The molecule has 2 rings (SSSR count). The van der Waals surface area contributed by atoms with E-state index in [2.05, 4.69) is 21.4 Å². The Morgan fingerprint density at radius 1 is 1.41 bits per heavy atom. The minimum atomic E-state index is -0.860. The molecule has 1 saturated carbocycles. The van der Waals surface area contributed by atoms with Gasteiger partial charge in [0.05, 0.1) is 6.07 Å². The normalized spacial score (nSPS) is 16.8. The Kier molecular flexibility index (Phi) is 2.80. The Morgan fingerprint density at radius 3 is 2.41 bits per heavy atom. The monoisotopic (exact) mass is 230 g/mol. The first-order valence-corrected chi connectivity index (χ1v) is 5.61. The van der Waals surface area contributed by atoms with Crippen LogP contribution in [-0.4, -0.2) is 15.9 Å². The lowest BCUT2D eigenvalue weighted by molar-refractivity contribution is -0.126. The number of aromatic nitrogens is 2. The van der Waals surface area contributed by atoms with Crippen molar-refractivity contribution in [2.24, 2.45) is 5.41 Å². The fraction of sp³-hybridized carbons (Fsp3) is 0.500. The predicted octanol–water partition coefficient (Wildman–Crippen LogP) is 1.73. The van der Waals surface area contributed by atoms with Crippen LogP contribution in [0.1, 0.15) is 30.7 Å². The molecule has 0 atom stereocenters. The number of rotatable bonds is 2. The molecule has 0 saturated heterocycles. The summed E-state index contributed by atoms with van der Waals surface area (Å²) in [6.07, 6.45) is 2.18. The van der Waals surface area contributed by atoms with E-state index >= 15 is 0 Å². The number of aryl methyl sites for hydroxylation is 2. The summed E-state index contributed by atoms with van der Waals surface area (Å²) in [6, 6.07) is 3.93. The Morgan fingerprint density at radius 2 is 2.00 bits per heavy atom. The van der Waals surface area contributed by atoms with Crippen molar-refractivity contribution in [1.29, 1.82) is 5.26 Å². The van der Waals surface area contributed by atoms with E-state index in [4.69, 9.17) is 5.26 Å². The number of nitrogens with zero attached hydrogens (tertiary/aromatic N) is 3. The first-order chi connectivity index (χ1) is 8.05. The third-order valence-corrected chi connectivity index (χ3v) is 3.06. The van der Waals surface area contributed by atoms with Crippen LogP contribution in [0.25, 0.3) is 0 Å². The molecule has 5 heteroatoms. The second-order valence-corrected chi connectivity index (χ2v) is 4.48. The van der Waals surface area contributed by atoms with Crippen LogP contribution in [0.5, 0.6) is 0 Å². The Balaban J connectivity index is 2.16. The summed E-state index contributed by atoms with van der Waals surface area (Å²) in [5.41, 5.74) is 0.737. The first-order valence-electron chi connectivity index (χ1n) is 5.61. The van der Waals surface area contributed by atoms with Gasteiger partial charge in [-0.2, -0.15) is 5.26 Å². The second kappa shape index (κ2) is 4.13. The van der Waals surface area contributed by atoms with Gasteiger partial charge in [0.25, 0.3) is 0 Å². The van der Waals surface area contributed by atoms with Gasteiger partial charge in [0.15, 0.2) is 0 Å². The minimum absolute atomic E-state index is 0.281. The molecule has 88 valence electrons. The van der Waals surface area contributed by atoms with Gasteiger partial charge in [-0.05, 0) is 39.2 Å². The number of nitriles is 1. The van der Waals surface area contributed by atoms with Gasteiger partial charge in [-0.25, -0.2) is 9.97 Å². The average Bonchev–Trinajstić information content (AvgIpc) is 2.14. The van der Waals surface area contributed by atoms with Gasteiger partial charge in [-0.3, -0.25) is 10.1 Å². The Bertz CT molecular complexity index is 479. The lowest BCUT2D eigenvalue weighted by Gasteiger charge is -2.32. The van der Waals surface area contributed by atoms with E-state index in [0.29, 0.717) is 12.8 Å². The third kappa shape index (κ3) is 2.11. The topological polar surface area (TPSA) is 78.7 Å². The van der Waals surface area contributed by atoms with Crippen LogP contribution < -0.4 is 5.32 Å². The lowest BCUT2D eigenvalue weighted by atomic mass is 9.69. The van der Waals surface area contributed by atoms with Crippen molar-refractivity contribution in [1.82, 2.24) is 9.97 Å². The molecule has 1 aliphatic carbocycles. The molecule has 1 amide bonds. The summed E-state index contributed by atoms with van der Waals surface area (Å²) in [5.74, 6) is 0.00488. The summed E-state index contributed by atoms with van der Waals surface area (Å²) >= 11 is 0. The van der Waals surface area contributed by atoms with Crippen LogP contribution >= 0.6 is 0 Å². The van der Waals surface area contributed by atoms with Crippen molar-refractivity contribution in [2.75, 3.05) is 5.32 Å². The predicted molar refractivity (Wildman–Crippen MR) is 62.0 cm³/mol. The number of hydrogen-bond donors (Lipinski definition) is 1. The quantitative estimate of drug-likeness (QED) is 0.839. The van der Waals surface area contributed by atoms with Crippen LogP contribution in [0.3, 0.4) is 0 Å². The second-order valence-electron chi connectivity index (χ2n) is 4.48. The summed E-state index contributed by atoms with van der Waals surface area (Å²) in [7, 11) is 0. The van der Waals surface area contributed by atoms with Crippen molar-refractivity contribution in [3.05, 3.63) is 17.5 Å². The number of nitrogens with one attached hydrogen (secondary N) is 1. The van der Waals surface area contributed by atoms with Gasteiger partial charge in [0, 0.05) is 11.4 Å². The Labute approximate surface area is 99.9 Å². The summed E-state index contributed by atoms with van der Waals surface area (Å²) < 4.78 is 0. The summed E-state index contributed by atoms with van der Waals surface area (Å²) in [4.78, 5) is 20.2. The number of anilines is 1. The zero-order valence-electron chi connectivity index (χ0n) is 9.95. The molecule has 0 spiro atoms. The van der Waals surface area contributed by atoms with Gasteiger partial charge >= 0.3 is 0 Å². The van der Waals surface area contributed by atoms with Crippen molar-refractivity contribution < 1.29 is 4.79 Å². The smallest absolute Gasteiger partial charge is 0.247 e. The van der Waals surface area contributed by atoms with Crippen LogP contribution in [-0.2, 0) is 4.79 Å². The van der Waals surface area contributed by atoms with E-state index in [1.54, 1.807) is 0 Å². The van der Waals surface area contributed by atoms with Crippen LogP contribution in [0.15, 0.2) is 6.07 Å². The van der Waals surface area contributed by atoms with Crippen LogP contribution in [0.2, 0.25) is 0 Å². The molecule has 1 aliphatic rings. The van der Waals surface area contributed by atoms with Crippen molar-refractivity contribution in [2.45, 2.75) is 33.1 Å². The molecule has 17 heavy (non-hydrogen) atoms. The van der Waals surface area contributed by atoms with Crippen molar-refractivity contribution in [3.63, 3.8) is 0 Å². The van der Waals surface area contributed by atoms with Gasteiger partial charge < -0.3 is 0 Å². The highest BCUT2D eigenvalue weighted by molar-refractivity contribution is 5.96. The molecule has 1 N–H and O–H groups in total. The third-order valence-electron chi connectivity index (χ3n) is 3.06. The summed E-state index contributed by atoms with van der Waals surface area (Å²) in [6.45, 7) is 3.68. The molecule has 1 aromatic rings. The first kappa shape index (κ1) is 11.5. The van der Waals surface area contributed by atoms with Crippen LogP contribution in [0, 0.1) is 30.6 Å². The zero-order chi connectivity index (χ0) is 12.5. The van der Waals surface area contributed by atoms with Crippen molar-refractivity contribution >= 4 is 11.9 Å². The maximum Gasteiger partial charge on any atom is 0.247 e. The molecule has 1 aromatic heterocycles. The summed E-state index contributed by atoms with van der Waals surface area (Å²) in [5, 5.41) is 11.7. The van der Waals surface area contributed by atoms with E-state index in [1.807, 2.05) is 19.9 Å². The minimum Gasteiger partial charge on any atom is -0.293 e. The van der Waals surface area contributed by atoms with Gasteiger partial charge in [0.1, 0.15) is 5.41 Å². The maximum absolute atomic E-state index is 12.0. The fourth-order valence-electron chi connectivity index (χ4n) is 1.92. The van der Waals surface area contributed by atoms with Gasteiger partial charge in [0.2, 0.25) is 11.9 Å². The number of carbonyl (C=O) groups excluding carboxylic acids is 1. The average molecular weight is 230 g/mol. The molecule has 0 radical (unpaired) electrons. The number of hydrogen-bond acceptors (Lipinski definition) is 4. The Hall–Kier alpha value is -1.96. The fourth-order valence-corrected chi connectivity index (χ4v) is 1.92. The van der Waals surface area contributed by atoms with Gasteiger partial charge in [-0.1, -0.05) is 0 Å². The molecule has 0 aliphatic heterocycles. The van der Waals surface area contributed by atoms with E-state index in [-0.39, 0.29) is 11.9 Å². The lowest BCUT2D eigenvalue weighted by Crippen LogP contribution is -2.41. The highest BCUT2D eigenvalue weighted by Gasteiger charge is 2.44. The van der Waals surface area contributed by atoms with E-state index in [9.17, 15) is 4.79 Å². The number of carbonyl (C=O) groups is 1. The molecule has 0 aromatic carbocycles. The van der Waals surface area contributed by atoms with Crippen molar-refractivity contribution in [3.8, 4) is 6.07 Å². The van der Waals surface area contributed by atoms with E-state index < -0.39 is 5.41 Å².